The molecule has 5 aromatic carbocycles. The minimum absolute atomic E-state index is 1.16. The second-order valence-electron chi connectivity index (χ2n) is 10.6. The maximum Gasteiger partial charge on any atom is 0.0464 e. The van der Waals surface area contributed by atoms with Crippen molar-refractivity contribution in [3.8, 4) is 0 Å². The molecule has 1 heteroatoms. The summed E-state index contributed by atoms with van der Waals surface area (Å²) in [5, 5.41) is 0. The van der Waals surface area contributed by atoms with Crippen molar-refractivity contribution in [3.63, 3.8) is 0 Å². The van der Waals surface area contributed by atoms with Crippen LogP contribution in [0.15, 0.2) is 140 Å². The number of rotatable bonds is 8. The first-order valence-corrected chi connectivity index (χ1v) is 14.6. The average molecular weight is 530 g/mol. The van der Waals surface area contributed by atoms with Crippen molar-refractivity contribution in [3.05, 3.63) is 173 Å². The van der Waals surface area contributed by atoms with E-state index in [4.69, 9.17) is 0 Å². The molecule has 0 aromatic heterocycles. The maximum absolute atomic E-state index is 2.40. The molecular weight excluding hydrogens is 494 g/mol. The van der Waals surface area contributed by atoms with Crippen LogP contribution in [0.25, 0.3) is 24.3 Å². The summed E-state index contributed by atoms with van der Waals surface area (Å²) in [6.07, 6.45) is 17.7. The third-order valence-corrected chi connectivity index (χ3v) is 7.65. The highest BCUT2D eigenvalue weighted by molar-refractivity contribution is 5.79. The van der Waals surface area contributed by atoms with E-state index in [0.717, 1.165) is 11.4 Å². The van der Waals surface area contributed by atoms with E-state index in [9.17, 15) is 0 Å². The molecule has 0 bridgehead atoms. The van der Waals surface area contributed by atoms with E-state index in [0.29, 0.717) is 0 Å². The van der Waals surface area contributed by atoms with E-state index in [1.165, 1.54) is 64.8 Å². The Morgan fingerprint density at radius 1 is 0.390 bits per heavy atom. The molecule has 0 N–H and O–H groups in total. The largest absolute Gasteiger partial charge is 0.310 e. The monoisotopic (exact) mass is 529 g/mol. The second kappa shape index (κ2) is 13.0. The zero-order valence-corrected chi connectivity index (χ0v) is 23.4. The van der Waals surface area contributed by atoms with Crippen molar-refractivity contribution >= 4 is 41.4 Å². The Hall–Kier alpha value is -4.88. The predicted molar refractivity (Wildman–Crippen MR) is 178 cm³/mol. The number of hydrogen-bond acceptors (Lipinski definition) is 1. The molecule has 0 spiro atoms. The maximum atomic E-state index is 2.40. The van der Waals surface area contributed by atoms with Crippen LogP contribution >= 0.6 is 0 Å². The quantitative estimate of drug-likeness (QED) is 0.143. The fourth-order valence-corrected chi connectivity index (χ4v) is 5.43. The highest BCUT2D eigenvalue weighted by Crippen LogP contribution is 2.37. The van der Waals surface area contributed by atoms with Gasteiger partial charge in [-0.3, -0.25) is 0 Å². The molecule has 0 saturated carbocycles. The van der Waals surface area contributed by atoms with E-state index in [-0.39, 0.29) is 0 Å². The molecule has 41 heavy (non-hydrogen) atoms. The molecule has 0 fully saturated rings. The summed E-state index contributed by atoms with van der Waals surface area (Å²) in [6.45, 7) is 0. The van der Waals surface area contributed by atoms with Crippen molar-refractivity contribution in [2.45, 2.75) is 25.7 Å². The van der Waals surface area contributed by atoms with Gasteiger partial charge in [0.05, 0.1) is 0 Å². The van der Waals surface area contributed by atoms with Gasteiger partial charge >= 0.3 is 0 Å². The Kier molecular flexibility index (Phi) is 8.34. The van der Waals surface area contributed by atoms with Gasteiger partial charge in [0.25, 0.3) is 0 Å². The van der Waals surface area contributed by atoms with Crippen LogP contribution in [0.2, 0.25) is 0 Å². The van der Waals surface area contributed by atoms with Crippen molar-refractivity contribution in [1.82, 2.24) is 0 Å². The minimum Gasteiger partial charge on any atom is -0.310 e. The van der Waals surface area contributed by atoms with Crippen molar-refractivity contribution in [1.29, 1.82) is 0 Å². The van der Waals surface area contributed by atoms with Crippen LogP contribution in [0.3, 0.4) is 0 Å². The van der Waals surface area contributed by atoms with Crippen LogP contribution in [0.5, 0.6) is 0 Å². The Bertz CT molecular complexity index is 1640. The van der Waals surface area contributed by atoms with E-state index < -0.39 is 0 Å². The van der Waals surface area contributed by atoms with E-state index in [2.05, 4.69) is 157 Å². The molecule has 0 amide bonds. The molecule has 1 nitrogen and oxygen atoms in total. The third-order valence-electron chi connectivity index (χ3n) is 7.65. The molecule has 0 radical (unpaired) electrons. The zero-order chi connectivity index (χ0) is 27.7. The van der Waals surface area contributed by atoms with Crippen LogP contribution in [-0.2, 0) is 12.8 Å². The third kappa shape index (κ3) is 6.83. The molecule has 0 unspecified atom stereocenters. The molecule has 6 rings (SSSR count). The lowest BCUT2D eigenvalue weighted by Crippen LogP contribution is -2.12. The van der Waals surface area contributed by atoms with Gasteiger partial charge < -0.3 is 4.90 Å². The van der Waals surface area contributed by atoms with Crippen LogP contribution in [0, 0.1) is 0 Å². The SMILES string of the molecule is C(/C=C/c1ccc(N(c2ccc(/C=C/c3ccccc3)cc2)c2ccc3c(c2)CCCC3)cc1)=C\c1ccccc1. The van der Waals surface area contributed by atoms with Crippen LogP contribution in [0.1, 0.15) is 46.2 Å². The Morgan fingerprint density at radius 3 is 1.39 bits per heavy atom. The van der Waals surface area contributed by atoms with Gasteiger partial charge in [0.2, 0.25) is 0 Å². The average Bonchev–Trinajstić information content (AvgIpc) is 3.04. The fourth-order valence-electron chi connectivity index (χ4n) is 5.43. The van der Waals surface area contributed by atoms with Gasteiger partial charge in [-0.15, -0.1) is 0 Å². The van der Waals surface area contributed by atoms with Gasteiger partial charge in [-0.25, -0.2) is 0 Å². The number of hydrogen-bond donors (Lipinski definition) is 0. The number of anilines is 3. The smallest absolute Gasteiger partial charge is 0.0464 e. The lowest BCUT2D eigenvalue weighted by molar-refractivity contribution is 0.685. The summed E-state index contributed by atoms with van der Waals surface area (Å²) in [6, 6.07) is 45.6. The highest BCUT2D eigenvalue weighted by atomic mass is 15.1. The topological polar surface area (TPSA) is 3.24 Å². The first-order chi connectivity index (χ1) is 20.3. The lowest BCUT2D eigenvalue weighted by Gasteiger charge is -2.27. The van der Waals surface area contributed by atoms with Crippen LogP contribution in [0.4, 0.5) is 17.1 Å². The fraction of sp³-hybridized carbons (Fsp3) is 0.100. The van der Waals surface area contributed by atoms with Gasteiger partial charge in [0, 0.05) is 17.1 Å². The van der Waals surface area contributed by atoms with Crippen molar-refractivity contribution in [2.75, 3.05) is 4.90 Å². The molecule has 200 valence electrons. The molecular formula is C40H35N. The molecule has 0 atom stereocenters. The summed E-state index contributed by atoms with van der Waals surface area (Å²) in [5.74, 6) is 0. The van der Waals surface area contributed by atoms with Gasteiger partial charge in [-0.2, -0.15) is 0 Å². The lowest BCUT2D eigenvalue weighted by atomic mass is 9.91. The van der Waals surface area contributed by atoms with E-state index >= 15 is 0 Å². The standard InChI is InChI=1S/C40H35N/c1-3-11-32(12-4-1)15-7-8-16-34-21-26-38(27-22-34)41(40-30-25-36-17-9-10-18-37(36)31-40)39-28-23-35(24-29-39)20-19-33-13-5-2-6-14-33/h1-8,11-16,19-31H,9-10,17-18H2/b15-7+,16-8+,20-19+. The van der Waals surface area contributed by atoms with Gasteiger partial charge in [0.15, 0.2) is 0 Å². The molecule has 1 aliphatic carbocycles. The summed E-state index contributed by atoms with van der Waals surface area (Å²) in [7, 11) is 0. The number of allylic oxidation sites excluding steroid dienone is 2. The first kappa shape index (κ1) is 26.3. The molecule has 0 heterocycles. The van der Waals surface area contributed by atoms with E-state index in [1.54, 1.807) is 0 Å². The summed E-state index contributed by atoms with van der Waals surface area (Å²) in [4.78, 5) is 2.38. The number of fused-ring (bicyclic) bond motifs is 1. The minimum atomic E-state index is 1.16. The molecule has 5 aromatic rings. The van der Waals surface area contributed by atoms with Gasteiger partial charge in [-0.1, -0.05) is 127 Å². The van der Waals surface area contributed by atoms with Crippen molar-refractivity contribution < 1.29 is 0 Å². The van der Waals surface area contributed by atoms with Crippen LogP contribution in [-0.4, -0.2) is 0 Å². The highest BCUT2D eigenvalue weighted by Gasteiger charge is 2.16. The first-order valence-electron chi connectivity index (χ1n) is 14.6. The molecule has 0 saturated heterocycles. The Balaban J connectivity index is 1.27. The van der Waals surface area contributed by atoms with Gasteiger partial charge in [0.1, 0.15) is 0 Å². The number of nitrogens with zero attached hydrogens (tertiary/aromatic N) is 1. The zero-order valence-electron chi connectivity index (χ0n) is 23.4. The second-order valence-corrected chi connectivity index (χ2v) is 10.6. The normalized spacial score (nSPS) is 13.2. The van der Waals surface area contributed by atoms with Crippen molar-refractivity contribution in [2.24, 2.45) is 0 Å². The number of benzene rings is 5. The summed E-state index contributed by atoms with van der Waals surface area (Å²) in [5.41, 5.74) is 11.3. The number of aryl methyl sites for hydroxylation is 2. The molecule has 1 aliphatic rings. The van der Waals surface area contributed by atoms with Crippen LogP contribution < -0.4 is 4.90 Å². The Morgan fingerprint density at radius 2 is 0.829 bits per heavy atom. The molecule has 0 aliphatic heterocycles. The predicted octanol–water partition coefficient (Wildman–Crippen LogP) is 10.9. The van der Waals surface area contributed by atoms with Gasteiger partial charge in [-0.05, 0) is 95.5 Å². The Labute approximate surface area is 244 Å². The summed E-state index contributed by atoms with van der Waals surface area (Å²) < 4.78 is 0. The summed E-state index contributed by atoms with van der Waals surface area (Å²) >= 11 is 0. The van der Waals surface area contributed by atoms with E-state index in [1.807, 2.05) is 12.1 Å².